The summed E-state index contributed by atoms with van der Waals surface area (Å²) in [6.45, 7) is 2.05. The van der Waals surface area contributed by atoms with Crippen molar-refractivity contribution in [3.63, 3.8) is 0 Å². The van der Waals surface area contributed by atoms with Gasteiger partial charge in [-0.1, -0.05) is 17.7 Å². The Labute approximate surface area is 106 Å². The van der Waals surface area contributed by atoms with Gasteiger partial charge in [-0.25, -0.2) is 0 Å². The molecule has 0 saturated heterocycles. The largest absolute Gasteiger partial charge is 0.496 e. The topological polar surface area (TPSA) is 61.5 Å². The van der Waals surface area contributed by atoms with Crippen LogP contribution in [0.3, 0.4) is 0 Å². The molecule has 4 nitrogen and oxygen atoms in total. The second-order valence-corrected chi connectivity index (χ2v) is 3.89. The van der Waals surface area contributed by atoms with E-state index in [-0.39, 0.29) is 0 Å². The number of halogens is 1. The standard InChI is InChI=1S/C12H16ClNO3/c1-3-17-12(15)10(14)7-8-9(13)5-4-6-11(8)16-2/h4-6,10H,3,7,14H2,1-2H3. The predicted molar refractivity (Wildman–Crippen MR) is 66.3 cm³/mol. The fraction of sp³-hybridized carbons (Fsp3) is 0.417. The minimum Gasteiger partial charge on any atom is -0.496 e. The van der Waals surface area contributed by atoms with Crippen molar-refractivity contribution in [2.75, 3.05) is 13.7 Å². The van der Waals surface area contributed by atoms with Gasteiger partial charge in [0.1, 0.15) is 11.8 Å². The number of esters is 1. The van der Waals surface area contributed by atoms with Crippen molar-refractivity contribution < 1.29 is 14.3 Å². The van der Waals surface area contributed by atoms with E-state index in [1.54, 1.807) is 32.2 Å². The van der Waals surface area contributed by atoms with E-state index in [4.69, 9.17) is 26.8 Å². The molecule has 1 aromatic carbocycles. The van der Waals surface area contributed by atoms with Crippen LogP contribution in [-0.4, -0.2) is 25.7 Å². The summed E-state index contributed by atoms with van der Waals surface area (Å²) >= 11 is 6.05. The quantitative estimate of drug-likeness (QED) is 0.817. The maximum Gasteiger partial charge on any atom is 0.323 e. The summed E-state index contributed by atoms with van der Waals surface area (Å²) in [5.41, 5.74) is 6.46. The van der Waals surface area contributed by atoms with Gasteiger partial charge in [-0.2, -0.15) is 0 Å². The molecule has 0 aliphatic heterocycles. The molecule has 0 spiro atoms. The van der Waals surface area contributed by atoms with Crippen molar-refractivity contribution in [3.05, 3.63) is 28.8 Å². The molecule has 1 rings (SSSR count). The molecule has 0 amide bonds. The lowest BCUT2D eigenvalue weighted by molar-refractivity contribution is -0.144. The monoisotopic (exact) mass is 257 g/mol. The van der Waals surface area contributed by atoms with Crippen molar-refractivity contribution >= 4 is 17.6 Å². The Morgan fingerprint density at radius 1 is 1.53 bits per heavy atom. The number of ether oxygens (including phenoxy) is 2. The maximum absolute atomic E-state index is 11.4. The lowest BCUT2D eigenvalue weighted by Gasteiger charge is -2.14. The minimum atomic E-state index is -0.733. The Hall–Kier alpha value is -1.26. The van der Waals surface area contributed by atoms with Crippen LogP contribution in [0.1, 0.15) is 12.5 Å². The SMILES string of the molecule is CCOC(=O)C(N)Cc1c(Cl)cccc1OC. The van der Waals surface area contributed by atoms with Crippen molar-refractivity contribution in [3.8, 4) is 5.75 Å². The zero-order valence-electron chi connectivity index (χ0n) is 9.90. The molecule has 17 heavy (non-hydrogen) atoms. The van der Waals surface area contributed by atoms with E-state index in [1.165, 1.54) is 0 Å². The van der Waals surface area contributed by atoms with Crippen LogP contribution in [0.4, 0.5) is 0 Å². The van der Waals surface area contributed by atoms with Gasteiger partial charge < -0.3 is 15.2 Å². The molecule has 0 aromatic heterocycles. The summed E-state index contributed by atoms with van der Waals surface area (Å²) in [6, 6.07) is 4.56. The number of methoxy groups -OCH3 is 1. The second kappa shape index (κ2) is 6.47. The zero-order chi connectivity index (χ0) is 12.8. The minimum absolute atomic E-state index is 0.293. The second-order valence-electron chi connectivity index (χ2n) is 3.48. The van der Waals surface area contributed by atoms with Crippen LogP contribution >= 0.6 is 11.6 Å². The highest BCUT2D eigenvalue weighted by Crippen LogP contribution is 2.27. The Morgan fingerprint density at radius 2 is 2.24 bits per heavy atom. The molecule has 0 saturated carbocycles. The molecule has 0 heterocycles. The number of hydrogen-bond donors (Lipinski definition) is 1. The molecule has 5 heteroatoms. The zero-order valence-corrected chi connectivity index (χ0v) is 10.7. The van der Waals surface area contributed by atoms with Crippen LogP contribution in [0.5, 0.6) is 5.75 Å². The van der Waals surface area contributed by atoms with E-state index >= 15 is 0 Å². The molecule has 0 aliphatic carbocycles. The van der Waals surface area contributed by atoms with Crippen LogP contribution in [0.25, 0.3) is 0 Å². The number of benzene rings is 1. The van der Waals surface area contributed by atoms with Crippen molar-refractivity contribution in [2.24, 2.45) is 5.73 Å². The third kappa shape index (κ3) is 3.61. The summed E-state index contributed by atoms with van der Waals surface area (Å²) in [6.07, 6.45) is 0.293. The fourth-order valence-corrected chi connectivity index (χ4v) is 1.72. The lowest BCUT2D eigenvalue weighted by Crippen LogP contribution is -2.34. The van der Waals surface area contributed by atoms with Crippen LogP contribution in [0.15, 0.2) is 18.2 Å². The van der Waals surface area contributed by atoms with E-state index in [2.05, 4.69) is 0 Å². The van der Waals surface area contributed by atoms with Gasteiger partial charge in [0.2, 0.25) is 0 Å². The molecule has 2 N–H and O–H groups in total. The van der Waals surface area contributed by atoms with Gasteiger partial charge in [0, 0.05) is 17.0 Å². The predicted octanol–water partition coefficient (Wildman–Crippen LogP) is 1.78. The average Bonchev–Trinajstić information content (AvgIpc) is 2.31. The normalized spacial score (nSPS) is 12.0. The van der Waals surface area contributed by atoms with Gasteiger partial charge in [-0.15, -0.1) is 0 Å². The van der Waals surface area contributed by atoms with E-state index in [0.29, 0.717) is 23.8 Å². The van der Waals surface area contributed by atoms with Crippen LogP contribution < -0.4 is 10.5 Å². The highest BCUT2D eigenvalue weighted by molar-refractivity contribution is 6.31. The first kappa shape index (κ1) is 13.8. The van der Waals surface area contributed by atoms with E-state index in [1.807, 2.05) is 0 Å². The Balaban J connectivity index is 2.83. The molecular formula is C12H16ClNO3. The first-order chi connectivity index (χ1) is 8.10. The van der Waals surface area contributed by atoms with E-state index < -0.39 is 12.0 Å². The average molecular weight is 258 g/mol. The molecular weight excluding hydrogens is 242 g/mol. The fourth-order valence-electron chi connectivity index (χ4n) is 1.48. The van der Waals surface area contributed by atoms with Gasteiger partial charge in [0.15, 0.2) is 0 Å². The lowest BCUT2D eigenvalue weighted by atomic mass is 10.1. The highest BCUT2D eigenvalue weighted by atomic mass is 35.5. The summed E-state index contributed by atoms with van der Waals surface area (Å²) in [5, 5.41) is 0.532. The molecule has 1 unspecified atom stereocenters. The van der Waals surface area contributed by atoms with Gasteiger partial charge >= 0.3 is 5.97 Å². The Morgan fingerprint density at radius 3 is 2.82 bits per heavy atom. The number of carbonyl (C=O) groups excluding carboxylic acids is 1. The molecule has 1 atom stereocenters. The smallest absolute Gasteiger partial charge is 0.323 e. The van der Waals surface area contributed by atoms with Crippen LogP contribution in [0.2, 0.25) is 5.02 Å². The molecule has 0 fully saturated rings. The molecule has 0 radical (unpaired) electrons. The van der Waals surface area contributed by atoms with E-state index in [0.717, 1.165) is 5.56 Å². The number of rotatable bonds is 5. The third-order valence-electron chi connectivity index (χ3n) is 2.31. The Kier molecular flexibility index (Phi) is 5.25. The maximum atomic E-state index is 11.4. The van der Waals surface area contributed by atoms with Crippen LogP contribution in [0, 0.1) is 0 Å². The molecule has 0 aliphatic rings. The summed E-state index contributed by atoms with van der Waals surface area (Å²) in [7, 11) is 1.55. The first-order valence-electron chi connectivity index (χ1n) is 5.33. The van der Waals surface area contributed by atoms with Crippen molar-refractivity contribution in [2.45, 2.75) is 19.4 Å². The summed E-state index contributed by atoms with van der Waals surface area (Å²) in [4.78, 5) is 11.4. The van der Waals surface area contributed by atoms with Crippen LogP contribution in [-0.2, 0) is 16.0 Å². The molecule has 1 aromatic rings. The van der Waals surface area contributed by atoms with Gasteiger partial charge in [-0.05, 0) is 19.1 Å². The van der Waals surface area contributed by atoms with Gasteiger partial charge in [0.25, 0.3) is 0 Å². The van der Waals surface area contributed by atoms with Gasteiger partial charge in [0.05, 0.1) is 13.7 Å². The summed E-state index contributed by atoms with van der Waals surface area (Å²) in [5.74, 6) is 0.187. The van der Waals surface area contributed by atoms with Gasteiger partial charge in [-0.3, -0.25) is 4.79 Å². The number of carbonyl (C=O) groups is 1. The third-order valence-corrected chi connectivity index (χ3v) is 2.66. The first-order valence-corrected chi connectivity index (χ1v) is 5.71. The van der Waals surface area contributed by atoms with Crippen molar-refractivity contribution in [1.29, 1.82) is 0 Å². The van der Waals surface area contributed by atoms with E-state index in [9.17, 15) is 4.79 Å². The Bertz CT molecular complexity index is 395. The molecule has 94 valence electrons. The summed E-state index contributed by atoms with van der Waals surface area (Å²) < 4.78 is 10.0. The number of nitrogens with two attached hydrogens (primary N) is 1. The van der Waals surface area contributed by atoms with Crippen molar-refractivity contribution in [1.82, 2.24) is 0 Å². The highest BCUT2D eigenvalue weighted by Gasteiger charge is 2.19. The molecule has 0 bridgehead atoms. The number of hydrogen-bond acceptors (Lipinski definition) is 4.